The molecule has 2 aromatic rings. The highest BCUT2D eigenvalue weighted by molar-refractivity contribution is 5.79. The third-order valence-electron chi connectivity index (χ3n) is 4.45. The number of aryl methyl sites for hydroxylation is 2. The Balaban J connectivity index is 1.80. The summed E-state index contributed by atoms with van der Waals surface area (Å²) >= 11 is 0. The van der Waals surface area contributed by atoms with Gasteiger partial charge in [0.25, 0.3) is 0 Å². The Labute approximate surface area is 136 Å². The zero-order valence-corrected chi connectivity index (χ0v) is 14.3. The van der Waals surface area contributed by atoms with E-state index in [1.807, 2.05) is 22.7 Å². The number of nitrogens with zero attached hydrogens (tertiary/aromatic N) is 4. The molecule has 23 heavy (non-hydrogen) atoms. The molecule has 0 aromatic carbocycles. The number of hydrogen-bond donors (Lipinski definition) is 1. The maximum absolute atomic E-state index is 12.1. The van der Waals surface area contributed by atoms with Gasteiger partial charge >= 0.3 is 0 Å². The van der Waals surface area contributed by atoms with Gasteiger partial charge in [-0.15, -0.1) is 0 Å². The van der Waals surface area contributed by atoms with Gasteiger partial charge in [-0.1, -0.05) is 6.92 Å². The standard InChI is InChI=1S/C17H25N5O/c1-5-6-21-10-14(12(4)20-21)15-8-18-17(19-15)13-7-16(23)22(9-13)11(2)3/h8,10-11,13H,5-7,9H2,1-4H3,(H,18,19). The second-order valence-electron chi connectivity index (χ2n) is 6.61. The smallest absolute Gasteiger partial charge is 0.223 e. The van der Waals surface area contributed by atoms with E-state index in [9.17, 15) is 4.79 Å². The van der Waals surface area contributed by atoms with Crippen molar-refractivity contribution in [1.82, 2.24) is 24.6 Å². The lowest BCUT2D eigenvalue weighted by Gasteiger charge is -2.20. The van der Waals surface area contributed by atoms with Gasteiger partial charge in [0.05, 0.1) is 17.6 Å². The quantitative estimate of drug-likeness (QED) is 0.922. The highest BCUT2D eigenvalue weighted by Gasteiger charge is 2.33. The van der Waals surface area contributed by atoms with E-state index in [1.54, 1.807) is 0 Å². The minimum absolute atomic E-state index is 0.157. The summed E-state index contributed by atoms with van der Waals surface area (Å²) in [6, 6.07) is 0.247. The molecule has 0 saturated carbocycles. The summed E-state index contributed by atoms with van der Waals surface area (Å²) < 4.78 is 1.98. The van der Waals surface area contributed by atoms with Crippen molar-refractivity contribution in [3.05, 3.63) is 23.9 Å². The molecular weight excluding hydrogens is 290 g/mol. The topological polar surface area (TPSA) is 66.8 Å². The number of aromatic amines is 1. The average Bonchev–Trinajstić information content (AvgIpc) is 3.17. The van der Waals surface area contributed by atoms with Crippen LogP contribution in [0, 0.1) is 6.92 Å². The van der Waals surface area contributed by atoms with Crippen LogP contribution in [0.15, 0.2) is 12.4 Å². The summed E-state index contributed by atoms with van der Waals surface area (Å²) in [5, 5.41) is 4.54. The Bertz CT molecular complexity index is 700. The Kier molecular flexibility index (Phi) is 4.24. The molecule has 1 unspecified atom stereocenters. The van der Waals surface area contributed by atoms with Crippen LogP contribution in [0.2, 0.25) is 0 Å². The second kappa shape index (κ2) is 6.18. The fraction of sp³-hybridized carbons (Fsp3) is 0.588. The predicted octanol–water partition coefficient (Wildman–Crippen LogP) is 2.72. The third kappa shape index (κ3) is 3.02. The van der Waals surface area contributed by atoms with E-state index in [0.717, 1.165) is 42.3 Å². The van der Waals surface area contributed by atoms with Crippen LogP contribution in [-0.2, 0) is 11.3 Å². The molecule has 6 nitrogen and oxygen atoms in total. The number of aromatic nitrogens is 4. The summed E-state index contributed by atoms with van der Waals surface area (Å²) in [4.78, 5) is 21.9. The van der Waals surface area contributed by atoms with Gasteiger partial charge < -0.3 is 9.88 Å². The first-order valence-corrected chi connectivity index (χ1v) is 8.38. The molecule has 1 amide bonds. The van der Waals surface area contributed by atoms with E-state index in [-0.39, 0.29) is 17.9 Å². The molecule has 6 heteroatoms. The SMILES string of the molecule is CCCn1cc(-c2cnc(C3CC(=O)N(C(C)C)C3)[nH]2)c(C)n1. The fourth-order valence-electron chi connectivity index (χ4n) is 3.22. The van der Waals surface area contributed by atoms with Crippen molar-refractivity contribution in [2.45, 2.75) is 59.0 Å². The van der Waals surface area contributed by atoms with Crippen molar-refractivity contribution in [1.29, 1.82) is 0 Å². The summed E-state index contributed by atoms with van der Waals surface area (Å²) in [7, 11) is 0. The molecule has 1 fully saturated rings. The van der Waals surface area contributed by atoms with E-state index < -0.39 is 0 Å². The second-order valence-corrected chi connectivity index (χ2v) is 6.61. The number of carbonyl (C=O) groups is 1. The van der Waals surface area contributed by atoms with E-state index in [4.69, 9.17) is 0 Å². The van der Waals surface area contributed by atoms with E-state index in [2.05, 4.69) is 42.0 Å². The van der Waals surface area contributed by atoms with E-state index in [0.29, 0.717) is 6.42 Å². The van der Waals surface area contributed by atoms with E-state index >= 15 is 0 Å². The fourth-order valence-corrected chi connectivity index (χ4v) is 3.22. The van der Waals surface area contributed by atoms with Crippen LogP contribution in [0.3, 0.4) is 0 Å². The zero-order valence-electron chi connectivity index (χ0n) is 14.3. The van der Waals surface area contributed by atoms with Crippen molar-refractivity contribution < 1.29 is 4.79 Å². The molecule has 0 aliphatic carbocycles. The lowest BCUT2D eigenvalue weighted by Crippen LogP contribution is -2.31. The van der Waals surface area contributed by atoms with Crippen molar-refractivity contribution in [3.63, 3.8) is 0 Å². The summed E-state index contributed by atoms with van der Waals surface area (Å²) in [6.07, 6.45) is 5.53. The van der Waals surface area contributed by atoms with Crippen LogP contribution < -0.4 is 0 Å². The number of imidazole rings is 1. The monoisotopic (exact) mass is 315 g/mol. The minimum Gasteiger partial charge on any atom is -0.342 e. The van der Waals surface area contributed by atoms with Crippen molar-refractivity contribution >= 4 is 5.91 Å². The normalized spacial score (nSPS) is 18.4. The average molecular weight is 315 g/mol. The first-order chi connectivity index (χ1) is 11.0. The number of hydrogen-bond acceptors (Lipinski definition) is 3. The molecule has 0 radical (unpaired) electrons. The number of rotatable bonds is 5. The molecule has 1 aliphatic heterocycles. The first-order valence-electron chi connectivity index (χ1n) is 8.38. The van der Waals surface area contributed by atoms with Gasteiger partial charge in [-0.25, -0.2) is 4.98 Å². The molecule has 124 valence electrons. The first kappa shape index (κ1) is 15.8. The lowest BCUT2D eigenvalue weighted by molar-refractivity contribution is -0.129. The Hall–Kier alpha value is -2.11. The molecule has 1 atom stereocenters. The molecule has 0 spiro atoms. The van der Waals surface area contributed by atoms with Crippen molar-refractivity contribution in [2.24, 2.45) is 0 Å². The molecular formula is C17H25N5O. The maximum Gasteiger partial charge on any atom is 0.223 e. The molecule has 3 rings (SSSR count). The zero-order chi connectivity index (χ0) is 16.6. The predicted molar refractivity (Wildman–Crippen MR) is 89.0 cm³/mol. The number of amides is 1. The molecule has 3 heterocycles. The summed E-state index contributed by atoms with van der Waals surface area (Å²) in [5.74, 6) is 1.28. The van der Waals surface area contributed by atoms with E-state index in [1.165, 1.54) is 0 Å². The summed E-state index contributed by atoms with van der Waals surface area (Å²) in [6.45, 7) is 9.93. The van der Waals surface area contributed by atoms with Gasteiger partial charge in [-0.2, -0.15) is 5.10 Å². The third-order valence-corrected chi connectivity index (χ3v) is 4.45. The van der Waals surface area contributed by atoms with Crippen LogP contribution in [0.25, 0.3) is 11.3 Å². The minimum atomic E-state index is 0.157. The van der Waals surface area contributed by atoms with Gasteiger partial charge in [-0.3, -0.25) is 9.48 Å². The number of likely N-dealkylation sites (tertiary alicyclic amines) is 1. The maximum atomic E-state index is 12.1. The highest BCUT2D eigenvalue weighted by atomic mass is 16.2. The van der Waals surface area contributed by atoms with Gasteiger partial charge in [0.15, 0.2) is 0 Å². The van der Waals surface area contributed by atoms with Crippen LogP contribution in [0.4, 0.5) is 0 Å². The van der Waals surface area contributed by atoms with Gasteiger partial charge in [0, 0.05) is 43.2 Å². The highest BCUT2D eigenvalue weighted by Crippen LogP contribution is 2.29. The molecule has 1 aliphatic rings. The van der Waals surface area contributed by atoms with Crippen LogP contribution >= 0.6 is 0 Å². The lowest BCUT2D eigenvalue weighted by atomic mass is 10.1. The van der Waals surface area contributed by atoms with Gasteiger partial charge in [0.1, 0.15) is 5.82 Å². The largest absolute Gasteiger partial charge is 0.342 e. The molecule has 2 aromatic heterocycles. The number of carbonyl (C=O) groups excluding carboxylic acids is 1. The Morgan fingerprint density at radius 1 is 1.43 bits per heavy atom. The Morgan fingerprint density at radius 3 is 2.87 bits per heavy atom. The Morgan fingerprint density at radius 2 is 2.22 bits per heavy atom. The van der Waals surface area contributed by atoms with Gasteiger partial charge in [-0.05, 0) is 27.2 Å². The summed E-state index contributed by atoms with van der Waals surface area (Å²) in [5.41, 5.74) is 3.07. The van der Waals surface area contributed by atoms with Crippen molar-refractivity contribution in [2.75, 3.05) is 6.54 Å². The van der Waals surface area contributed by atoms with Crippen LogP contribution in [0.1, 0.15) is 51.0 Å². The number of nitrogens with one attached hydrogen (secondary N) is 1. The molecule has 0 bridgehead atoms. The van der Waals surface area contributed by atoms with Gasteiger partial charge in [0.2, 0.25) is 5.91 Å². The molecule has 1 saturated heterocycles. The van der Waals surface area contributed by atoms with Crippen molar-refractivity contribution in [3.8, 4) is 11.3 Å². The van der Waals surface area contributed by atoms with Crippen LogP contribution in [0.5, 0.6) is 0 Å². The molecule has 1 N–H and O–H groups in total. The van der Waals surface area contributed by atoms with Crippen LogP contribution in [-0.4, -0.2) is 43.1 Å². The number of H-pyrrole nitrogens is 1.